The van der Waals surface area contributed by atoms with Crippen LogP contribution in [0, 0.1) is 5.92 Å². The Morgan fingerprint density at radius 2 is 2.11 bits per heavy atom. The van der Waals surface area contributed by atoms with Crippen LogP contribution in [-0.4, -0.2) is 61.4 Å². The second kappa shape index (κ2) is 6.04. The monoisotopic (exact) mass is 256 g/mol. The molecular weight excluding hydrogens is 236 g/mol. The molecule has 6 heteroatoms. The Balaban J connectivity index is 1.73. The molecule has 0 unspecified atom stereocenters. The molecule has 0 aliphatic carbocycles. The fraction of sp³-hybridized carbons (Fsp3) is 0.833. The first-order valence-corrected chi connectivity index (χ1v) is 6.51. The summed E-state index contributed by atoms with van der Waals surface area (Å²) < 4.78 is 9.91. The molecule has 6 nitrogen and oxygen atoms in total. The van der Waals surface area contributed by atoms with E-state index in [1.54, 1.807) is 4.90 Å². The number of hydrogen-bond donors (Lipinski definition) is 0. The second-order valence-corrected chi connectivity index (χ2v) is 4.66. The lowest BCUT2D eigenvalue weighted by Gasteiger charge is -2.32. The Morgan fingerprint density at radius 3 is 2.67 bits per heavy atom. The smallest absolute Gasteiger partial charge is 0.410 e. The highest BCUT2D eigenvalue weighted by atomic mass is 16.6. The van der Waals surface area contributed by atoms with Crippen molar-refractivity contribution >= 4 is 12.1 Å². The van der Waals surface area contributed by atoms with Crippen molar-refractivity contribution in [3.05, 3.63) is 0 Å². The van der Waals surface area contributed by atoms with E-state index in [0.29, 0.717) is 26.4 Å². The summed E-state index contributed by atoms with van der Waals surface area (Å²) in [5, 5.41) is 0. The van der Waals surface area contributed by atoms with Gasteiger partial charge in [0.2, 0.25) is 0 Å². The van der Waals surface area contributed by atoms with Crippen LogP contribution in [0.15, 0.2) is 0 Å². The highest BCUT2D eigenvalue weighted by Gasteiger charge is 2.29. The molecule has 0 atom stereocenters. The molecule has 0 N–H and O–H groups in total. The van der Waals surface area contributed by atoms with Gasteiger partial charge < -0.3 is 9.47 Å². The van der Waals surface area contributed by atoms with Gasteiger partial charge in [0, 0.05) is 13.1 Å². The molecule has 0 saturated carbocycles. The summed E-state index contributed by atoms with van der Waals surface area (Å²) in [7, 11) is 0. The predicted molar refractivity (Wildman–Crippen MR) is 63.9 cm³/mol. The minimum absolute atomic E-state index is 0.0201. The summed E-state index contributed by atoms with van der Waals surface area (Å²) in [6.07, 6.45) is 1.38. The zero-order chi connectivity index (χ0) is 13.0. The molecule has 0 aromatic rings. The number of carbonyl (C=O) groups excluding carboxylic acids is 2. The van der Waals surface area contributed by atoms with Crippen LogP contribution in [-0.2, 0) is 14.3 Å². The maximum atomic E-state index is 11.6. The summed E-state index contributed by atoms with van der Waals surface area (Å²) in [4.78, 5) is 26.8. The molecule has 1 amide bonds. The predicted octanol–water partition coefficient (Wildman–Crippen LogP) is 0.671. The van der Waals surface area contributed by atoms with Crippen molar-refractivity contribution in [2.24, 2.45) is 5.92 Å². The number of nitrogens with zero attached hydrogens (tertiary/aromatic N) is 2. The lowest BCUT2D eigenvalue weighted by Crippen LogP contribution is -2.44. The highest BCUT2D eigenvalue weighted by molar-refractivity contribution is 5.72. The fourth-order valence-electron chi connectivity index (χ4n) is 2.37. The van der Waals surface area contributed by atoms with E-state index in [4.69, 9.17) is 9.47 Å². The van der Waals surface area contributed by atoms with Crippen molar-refractivity contribution in [1.29, 1.82) is 0 Å². The topological polar surface area (TPSA) is 59.1 Å². The van der Waals surface area contributed by atoms with Crippen molar-refractivity contribution in [1.82, 2.24) is 9.80 Å². The number of ether oxygens (including phenoxy) is 2. The van der Waals surface area contributed by atoms with Crippen LogP contribution in [0.1, 0.15) is 19.8 Å². The lowest BCUT2D eigenvalue weighted by molar-refractivity contribution is -0.149. The van der Waals surface area contributed by atoms with Gasteiger partial charge in [0.15, 0.2) is 0 Å². The average molecular weight is 256 g/mol. The third kappa shape index (κ3) is 3.13. The standard InChI is InChI=1S/C12H20N2O4/c1-2-17-11(15)10-3-5-13(6-4-10)9-14-7-8-18-12(14)16/h10H,2-9H2,1H3. The van der Waals surface area contributed by atoms with Crippen molar-refractivity contribution in [2.75, 3.05) is 39.5 Å². The van der Waals surface area contributed by atoms with Crippen molar-refractivity contribution in [2.45, 2.75) is 19.8 Å². The Hall–Kier alpha value is -1.30. The quantitative estimate of drug-likeness (QED) is 0.692. The molecule has 0 aromatic carbocycles. The Kier molecular flexibility index (Phi) is 4.41. The van der Waals surface area contributed by atoms with Crippen LogP contribution in [0.25, 0.3) is 0 Å². The third-order valence-corrected chi connectivity index (χ3v) is 3.42. The van der Waals surface area contributed by atoms with Crippen molar-refractivity contribution < 1.29 is 19.1 Å². The summed E-state index contributed by atoms with van der Waals surface area (Å²) in [5.74, 6) is -0.0653. The molecule has 2 aliphatic heterocycles. The zero-order valence-electron chi connectivity index (χ0n) is 10.8. The summed E-state index contributed by atoms with van der Waals surface area (Å²) in [5.41, 5.74) is 0. The van der Waals surface area contributed by atoms with E-state index in [0.717, 1.165) is 25.9 Å². The van der Waals surface area contributed by atoms with E-state index in [2.05, 4.69) is 4.90 Å². The van der Waals surface area contributed by atoms with Gasteiger partial charge in [-0.25, -0.2) is 4.79 Å². The number of hydrogen-bond acceptors (Lipinski definition) is 5. The second-order valence-electron chi connectivity index (χ2n) is 4.66. The lowest BCUT2D eigenvalue weighted by atomic mass is 9.97. The van der Waals surface area contributed by atoms with Gasteiger partial charge in [0.1, 0.15) is 6.61 Å². The molecule has 2 rings (SSSR count). The average Bonchev–Trinajstić information content (AvgIpc) is 2.76. The van der Waals surface area contributed by atoms with Crippen LogP contribution in [0.5, 0.6) is 0 Å². The number of esters is 1. The molecule has 0 bridgehead atoms. The number of amides is 1. The van der Waals surface area contributed by atoms with Crippen molar-refractivity contribution in [3.8, 4) is 0 Å². The fourth-order valence-corrected chi connectivity index (χ4v) is 2.37. The molecule has 0 radical (unpaired) electrons. The van der Waals surface area contributed by atoms with Gasteiger partial charge in [0.25, 0.3) is 0 Å². The van der Waals surface area contributed by atoms with Gasteiger partial charge in [-0.2, -0.15) is 0 Å². The van der Waals surface area contributed by atoms with Crippen LogP contribution < -0.4 is 0 Å². The number of rotatable bonds is 4. The zero-order valence-corrected chi connectivity index (χ0v) is 10.8. The number of piperidine rings is 1. The molecule has 0 spiro atoms. The van der Waals surface area contributed by atoms with E-state index in [-0.39, 0.29) is 18.0 Å². The first-order chi connectivity index (χ1) is 8.70. The Morgan fingerprint density at radius 1 is 1.39 bits per heavy atom. The van der Waals surface area contributed by atoms with E-state index in [9.17, 15) is 9.59 Å². The van der Waals surface area contributed by atoms with Crippen molar-refractivity contribution in [3.63, 3.8) is 0 Å². The molecule has 2 aliphatic rings. The van der Waals surface area contributed by atoms with E-state index < -0.39 is 0 Å². The number of cyclic esters (lactones) is 1. The Bertz CT molecular complexity index is 313. The maximum Gasteiger partial charge on any atom is 0.410 e. The van der Waals surface area contributed by atoms with Gasteiger partial charge in [-0.3, -0.25) is 14.6 Å². The minimum atomic E-state index is -0.234. The molecule has 0 aromatic heterocycles. The first-order valence-electron chi connectivity index (χ1n) is 6.51. The molecule has 102 valence electrons. The van der Waals surface area contributed by atoms with Gasteiger partial charge in [-0.1, -0.05) is 0 Å². The third-order valence-electron chi connectivity index (χ3n) is 3.42. The number of likely N-dealkylation sites (tertiary alicyclic amines) is 1. The van der Waals surface area contributed by atoms with Gasteiger partial charge >= 0.3 is 12.1 Å². The van der Waals surface area contributed by atoms with E-state index in [1.165, 1.54) is 0 Å². The van der Waals surface area contributed by atoms with Crippen LogP contribution in [0.3, 0.4) is 0 Å². The normalized spacial score (nSPS) is 22.1. The minimum Gasteiger partial charge on any atom is -0.466 e. The summed E-state index contributed by atoms with van der Waals surface area (Å²) in [6.45, 7) is 5.67. The van der Waals surface area contributed by atoms with Gasteiger partial charge in [-0.15, -0.1) is 0 Å². The van der Waals surface area contributed by atoms with E-state index >= 15 is 0 Å². The molecule has 2 saturated heterocycles. The van der Waals surface area contributed by atoms with Gasteiger partial charge in [0.05, 0.1) is 25.7 Å². The Labute approximate surface area is 107 Å². The first kappa shape index (κ1) is 13.1. The largest absolute Gasteiger partial charge is 0.466 e. The SMILES string of the molecule is CCOC(=O)C1CCN(CN2CCOC2=O)CC1. The molecular formula is C12H20N2O4. The summed E-state index contributed by atoms with van der Waals surface area (Å²) >= 11 is 0. The molecule has 2 heterocycles. The number of carbonyl (C=O) groups is 2. The van der Waals surface area contributed by atoms with Crippen LogP contribution >= 0.6 is 0 Å². The van der Waals surface area contributed by atoms with Crippen LogP contribution in [0.4, 0.5) is 4.79 Å². The van der Waals surface area contributed by atoms with Crippen LogP contribution in [0.2, 0.25) is 0 Å². The van der Waals surface area contributed by atoms with E-state index in [1.807, 2.05) is 6.92 Å². The van der Waals surface area contributed by atoms with Gasteiger partial charge in [-0.05, 0) is 19.8 Å². The molecule has 18 heavy (non-hydrogen) atoms. The maximum absolute atomic E-state index is 11.6. The summed E-state index contributed by atoms with van der Waals surface area (Å²) in [6, 6.07) is 0. The molecule has 2 fully saturated rings. The highest BCUT2D eigenvalue weighted by Crippen LogP contribution is 2.19.